The molecule has 0 aromatic rings. The zero-order valence-corrected chi connectivity index (χ0v) is 41.7. The molecule has 1 atom stereocenters. The molecule has 0 aliphatic rings. The Morgan fingerprint density at radius 3 is 1.06 bits per heavy atom. The molecule has 0 spiro atoms. The second kappa shape index (κ2) is 52.4. The normalized spacial score (nSPS) is 13.1. The van der Waals surface area contributed by atoms with Crippen LogP contribution >= 0.6 is 0 Å². The highest BCUT2D eigenvalue weighted by Gasteiger charge is 2.19. The van der Waals surface area contributed by atoms with Crippen molar-refractivity contribution in [3.8, 4) is 0 Å². The van der Waals surface area contributed by atoms with Gasteiger partial charge in [-0.3, -0.25) is 14.4 Å². The molecule has 1 unspecified atom stereocenters. The summed E-state index contributed by atoms with van der Waals surface area (Å²) in [5.74, 6) is -1.05. The molecule has 65 heavy (non-hydrogen) atoms. The molecule has 0 aliphatic carbocycles. The van der Waals surface area contributed by atoms with Gasteiger partial charge in [0.1, 0.15) is 13.2 Å². The van der Waals surface area contributed by atoms with Gasteiger partial charge in [-0.05, 0) is 116 Å². The summed E-state index contributed by atoms with van der Waals surface area (Å²) in [5.41, 5.74) is 0. The quantitative estimate of drug-likeness (QED) is 0.0262. The van der Waals surface area contributed by atoms with Crippen LogP contribution in [0.25, 0.3) is 0 Å². The highest BCUT2D eigenvalue weighted by Crippen LogP contribution is 2.12. The minimum atomic E-state index is -0.829. The van der Waals surface area contributed by atoms with E-state index in [2.05, 4.69) is 130 Å². The van der Waals surface area contributed by atoms with E-state index in [4.69, 9.17) is 14.2 Å². The van der Waals surface area contributed by atoms with Gasteiger partial charge in [-0.15, -0.1) is 0 Å². The molecule has 0 saturated carbocycles. The van der Waals surface area contributed by atoms with Crippen molar-refractivity contribution in [1.82, 2.24) is 0 Å². The van der Waals surface area contributed by atoms with E-state index in [9.17, 15) is 14.4 Å². The first-order chi connectivity index (χ1) is 32.0. The molecule has 0 heterocycles. The monoisotopic (exact) mass is 899 g/mol. The number of hydrogen-bond acceptors (Lipinski definition) is 6. The van der Waals surface area contributed by atoms with E-state index in [1.54, 1.807) is 0 Å². The minimum Gasteiger partial charge on any atom is -0.462 e. The van der Waals surface area contributed by atoms with E-state index in [-0.39, 0.29) is 44.0 Å². The van der Waals surface area contributed by atoms with Crippen LogP contribution in [0.15, 0.2) is 122 Å². The first-order valence-electron chi connectivity index (χ1n) is 26.0. The number of esters is 3. The van der Waals surface area contributed by atoms with Crippen LogP contribution in [0.5, 0.6) is 0 Å². The van der Waals surface area contributed by atoms with Crippen LogP contribution in [0.1, 0.15) is 213 Å². The summed E-state index contributed by atoms with van der Waals surface area (Å²) < 4.78 is 16.7. The lowest BCUT2D eigenvalue weighted by molar-refractivity contribution is -0.166. The third-order valence-electron chi connectivity index (χ3n) is 10.4. The summed E-state index contributed by atoms with van der Waals surface area (Å²) in [6, 6.07) is 0. The van der Waals surface area contributed by atoms with Crippen molar-refractivity contribution in [1.29, 1.82) is 0 Å². The Kier molecular flexibility index (Phi) is 49.1. The van der Waals surface area contributed by atoms with Crippen LogP contribution in [-0.2, 0) is 28.6 Å². The molecule has 0 aliphatic heterocycles. The molecule has 0 radical (unpaired) electrons. The fourth-order valence-corrected chi connectivity index (χ4v) is 6.59. The summed E-state index contributed by atoms with van der Waals surface area (Å²) in [4.78, 5) is 38.0. The van der Waals surface area contributed by atoms with Crippen molar-refractivity contribution in [3.63, 3.8) is 0 Å². The van der Waals surface area contributed by atoms with Crippen LogP contribution < -0.4 is 0 Å². The van der Waals surface area contributed by atoms with Crippen LogP contribution in [-0.4, -0.2) is 37.2 Å². The topological polar surface area (TPSA) is 78.9 Å². The molecule has 0 N–H and O–H groups in total. The first-order valence-corrected chi connectivity index (χ1v) is 26.0. The SMILES string of the molecule is CC/C=C\C/C=C\C/C=C\C/C=C\C/C=C\C/C=C\CCC(=O)OCC(COC(=O)CCCCC/C=C\CCCCCCCCC)OC(=O)CCCCCC/C=C\C/C=C\C/C=C\CC. The molecule has 0 aromatic heterocycles. The number of carbonyl (C=O) groups is 3. The molecule has 6 nitrogen and oxygen atoms in total. The number of ether oxygens (including phenoxy) is 3. The van der Waals surface area contributed by atoms with Crippen molar-refractivity contribution in [2.45, 2.75) is 219 Å². The van der Waals surface area contributed by atoms with E-state index < -0.39 is 6.10 Å². The van der Waals surface area contributed by atoms with Crippen molar-refractivity contribution >= 4 is 17.9 Å². The van der Waals surface area contributed by atoms with Gasteiger partial charge in [-0.1, -0.05) is 200 Å². The van der Waals surface area contributed by atoms with E-state index in [0.29, 0.717) is 12.8 Å². The van der Waals surface area contributed by atoms with E-state index >= 15 is 0 Å². The number of allylic oxidation sites excluding steroid dienone is 20. The highest BCUT2D eigenvalue weighted by molar-refractivity contribution is 5.71. The predicted octanol–water partition coefficient (Wildman–Crippen LogP) is 17.3. The van der Waals surface area contributed by atoms with Crippen LogP contribution in [0.4, 0.5) is 0 Å². The van der Waals surface area contributed by atoms with Crippen molar-refractivity contribution < 1.29 is 28.6 Å². The van der Waals surface area contributed by atoms with Gasteiger partial charge in [0, 0.05) is 19.3 Å². The van der Waals surface area contributed by atoms with E-state index in [1.807, 2.05) is 12.2 Å². The predicted molar refractivity (Wildman–Crippen MR) is 279 cm³/mol. The fourth-order valence-electron chi connectivity index (χ4n) is 6.59. The van der Waals surface area contributed by atoms with Gasteiger partial charge in [-0.25, -0.2) is 0 Å². The standard InChI is InChI=1S/C59H94O6/c1-4-7-10-13-16-19-22-25-28-29-30-31-32-35-37-40-43-46-49-52-58(61)64-55-56(65-59(62)53-50-47-44-41-38-34-27-24-21-18-15-12-9-6-3)54-63-57(60)51-48-45-42-39-36-33-26-23-20-17-14-11-8-5-2/h7,9-10,12,16,18-19,21,25,27-28,30-31,33-37,43,46,56H,4-6,8,11,13-15,17,20,22-24,26,29,32,38-42,44-45,47-55H2,1-3H3/b10-7-,12-9-,19-16-,21-18-,28-25-,31-30-,34-27-,36-33-,37-35-,46-43-. The summed E-state index contributed by atoms with van der Waals surface area (Å²) in [6.07, 6.45) is 71.9. The van der Waals surface area contributed by atoms with Crippen molar-refractivity contribution in [2.75, 3.05) is 13.2 Å². The van der Waals surface area contributed by atoms with Gasteiger partial charge >= 0.3 is 17.9 Å². The summed E-state index contributed by atoms with van der Waals surface area (Å²) in [7, 11) is 0. The lowest BCUT2D eigenvalue weighted by Gasteiger charge is -2.18. The lowest BCUT2D eigenvalue weighted by Crippen LogP contribution is -2.30. The largest absolute Gasteiger partial charge is 0.462 e. The Hall–Kier alpha value is -4.19. The minimum absolute atomic E-state index is 0.122. The average molecular weight is 899 g/mol. The smallest absolute Gasteiger partial charge is 0.306 e. The second-order valence-electron chi connectivity index (χ2n) is 16.7. The van der Waals surface area contributed by atoms with Gasteiger partial charge in [0.05, 0.1) is 0 Å². The van der Waals surface area contributed by atoms with Crippen molar-refractivity contribution in [3.05, 3.63) is 122 Å². The highest BCUT2D eigenvalue weighted by atomic mass is 16.6. The third kappa shape index (κ3) is 50.7. The third-order valence-corrected chi connectivity index (χ3v) is 10.4. The van der Waals surface area contributed by atoms with E-state index in [1.165, 1.54) is 44.9 Å². The summed E-state index contributed by atoms with van der Waals surface area (Å²) in [5, 5.41) is 0. The zero-order chi connectivity index (χ0) is 47.2. The molecule has 0 amide bonds. The van der Waals surface area contributed by atoms with Gasteiger partial charge in [0.25, 0.3) is 0 Å². The average Bonchev–Trinajstić information content (AvgIpc) is 3.30. The fraction of sp³-hybridized carbons (Fsp3) is 0.610. The van der Waals surface area contributed by atoms with Gasteiger partial charge in [-0.2, -0.15) is 0 Å². The lowest BCUT2D eigenvalue weighted by atomic mass is 10.1. The maximum Gasteiger partial charge on any atom is 0.306 e. The maximum atomic E-state index is 12.8. The Bertz CT molecular complexity index is 1400. The summed E-state index contributed by atoms with van der Waals surface area (Å²) in [6.45, 7) is 6.29. The van der Waals surface area contributed by atoms with Crippen molar-refractivity contribution in [2.24, 2.45) is 0 Å². The molecule has 0 saturated heterocycles. The molecular weight excluding hydrogens is 805 g/mol. The molecule has 0 bridgehead atoms. The Morgan fingerprint density at radius 1 is 0.323 bits per heavy atom. The zero-order valence-electron chi connectivity index (χ0n) is 41.7. The number of rotatable bonds is 45. The van der Waals surface area contributed by atoms with Crippen LogP contribution in [0.3, 0.4) is 0 Å². The second-order valence-corrected chi connectivity index (χ2v) is 16.7. The Balaban J connectivity index is 4.57. The van der Waals surface area contributed by atoms with Crippen LogP contribution in [0.2, 0.25) is 0 Å². The Labute approximate surface area is 399 Å². The molecule has 366 valence electrons. The maximum absolute atomic E-state index is 12.8. The molecule has 0 fully saturated rings. The number of hydrogen-bond donors (Lipinski definition) is 0. The van der Waals surface area contributed by atoms with E-state index in [0.717, 1.165) is 122 Å². The van der Waals surface area contributed by atoms with Crippen LogP contribution in [0, 0.1) is 0 Å². The number of carbonyl (C=O) groups excluding carboxylic acids is 3. The summed E-state index contributed by atoms with van der Waals surface area (Å²) >= 11 is 0. The number of unbranched alkanes of at least 4 members (excludes halogenated alkanes) is 14. The Morgan fingerprint density at radius 2 is 0.631 bits per heavy atom. The van der Waals surface area contributed by atoms with Gasteiger partial charge in [0.15, 0.2) is 6.10 Å². The van der Waals surface area contributed by atoms with Gasteiger partial charge in [0.2, 0.25) is 0 Å². The molecule has 0 rings (SSSR count). The molecular formula is C59H94O6. The first kappa shape index (κ1) is 60.8. The molecule has 0 aromatic carbocycles. The van der Waals surface area contributed by atoms with Gasteiger partial charge < -0.3 is 14.2 Å². The molecule has 6 heteroatoms.